The Bertz CT molecular complexity index is 891. The molecule has 7 nitrogen and oxygen atoms in total. The predicted molar refractivity (Wildman–Crippen MR) is 106 cm³/mol. The molecule has 2 aromatic carbocycles. The summed E-state index contributed by atoms with van der Waals surface area (Å²) in [6, 6.07) is 11.3. The molecule has 29 heavy (non-hydrogen) atoms. The molecule has 1 atom stereocenters. The van der Waals surface area contributed by atoms with Crippen LogP contribution < -0.4 is 10.6 Å². The second kappa shape index (κ2) is 9.18. The van der Waals surface area contributed by atoms with E-state index in [4.69, 9.17) is 9.47 Å². The van der Waals surface area contributed by atoms with Crippen molar-refractivity contribution in [1.82, 2.24) is 0 Å². The number of hydrogen-bond donors (Lipinski definition) is 2. The fourth-order valence-corrected chi connectivity index (χ4v) is 2.20. The molecular formula is C21H23FN2O5. The molecule has 0 fully saturated rings. The van der Waals surface area contributed by atoms with E-state index < -0.39 is 35.5 Å². The van der Waals surface area contributed by atoms with E-state index in [1.165, 1.54) is 49.4 Å². The molecule has 2 amide bonds. The quantitative estimate of drug-likeness (QED) is 0.725. The summed E-state index contributed by atoms with van der Waals surface area (Å²) >= 11 is 0. The van der Waals surface area contributed by atoms with Gasteiger partial charge in [-0.3, -0.25) is 10.1 Å². The number of ether oxygens (including phenoxy) is 2. The Labute approximate surface area is 168 Å². The van der Waals surface area contributed by atoms with Crippen LogP contribution in [0.15, 0.2) is 48.5 Å². The maximum atomic E-state index is 13.2. The third-order valence-electron chi connectivity index (χ3n) is 3.51. The van der Waals surface area contributed by atoms with Gasteiger partial charge in [0.2, 0.25) is 0 Å². The highest BCUT2D eigenvalue weighted by Gasteiger charge is 2.20. The summed E-state index contributed by atoms with van der Waals surface area (Å²) in [5.74, 6) is -1.80. The van der Waals surface area contributed by atoms with E-state index in [-0.39, 0.29) is 11.3 Å². The van der Waals surface area contributed by atoms with E-state index in [9.17, 15) is 18.8 Å². The lowest BCUT2D eigenvalue weighted by Gasteiger charge is -2.19. The first-order valence-corrected chi connectivity index (χ1v) is 8.91. The van der Waals surface area contributed by atoms with Crippen LogP contribution in [0.2, 0.25) is 0 Å². The summed E-state index contributed by atoms with van der Waals surface area (Å²) in [6.07, 6.45) is -1.71. The van der Waals surface area contributed by atoms with E-state index in [1.807, 2.05) is 0 Å². The number of rotatable bonds is 5. The van der Waals surface area contributed by atoms with Crippen LogP contribution in [0, 0.1) is 5.82 Å². The van der Waals surface area contributed by atoms with E-state index in [0.717, 1.165) is 6.07 Å². The first-order chi connectivity index (χ1) is 13.5. The van der Waals surface area contributed by atoms with E-state index in [0.29, 0.717) is 5.69 Å². The van der Waals surface area contributed by atoms with Crippen molar-refractivity contribution in [3.8, 4) is 0 Å². The molecule has 0 saturated heterocycles. The molecule has 2 aromatic rings. The molecule has 0 aliphatic rings. The molecule has 0 spiro atoms. The van der Waals surface area contributed by atoms with Gasteiger partial charge in [0.15, 0.2) is 6.10 Å². The van der Waals surface area contributed by atoms with Gasteiger partial charge >= 0.3 is 12.1 Å². The molecule has 0 bridgehead atoms. The smallest absolute Gasteiger partial charge is 0.412 e. The Kier molecular flexibility index (Phi) is 6.93. The molecule has 0 radical (unpaired) electrons. The van der Waals surface area contributed by atoms with Crippen LogP contribution in [0.3, 0.4) is 0 Å². The number of carbonyl (C=O) groups is 3. The lowest BCUT2D eigenvalue weighted by atomic mass is 10.2. The molecule has 154 valence electrons. The van der Waals surface area contributed by atoms with Crippen molar-refractivity contribution in [1.29, 1.82) is 0 Å². The molecule has 0 unspecified atom stereocenters. The number of esters is 1. The van der Waals surface area contributed by atoms with E-state index in [1.54, 1.807) is 20.8 Å². The summed E-state index contributed by atoms with van der Waals surface area (Å²) in [4.78, 5) is 36.1. The van der Waals surface area contributed by atoms with Crippen LogP contribution in [0.1, 0.15) is 38.1 Å². The minimum atomic E-state index is -1.09. The van der Waals surface area contributed by atoms with Crippen molar-refractivity contribution < 1.29 is 28.2 Å². The average molecular weight is 402 g/mol. The van der Waals surface area contributed by atoms with Gasteiger partial charge in [0.25, 0.3) is 5.91 Å². The Hall–Kier alpha value is -3.42. The maximum Gasteiger partial charge on any atom is 0.412 e. The monoisotopic (exact) mass is 402 g/mol. The van der Waals surface area contributed by atoms with Gasteiger partial charge in [0, 0.05) is 11.4 Å². The van der Waals surface area contributed by atoms with Gasteiger partial charge < -0.3 is 14.8 Å². The van der Waals surface area contributed by atoms with Crippen molar-refractivity contribution in [2.45, 2.75) is 39.4 Å². The number of halogens is 1. The van der Waals surface area contributed by atoms with Crippen LogP contribution in [0.4, 0.5) is 20.6 Å². The van der Waals surface area contributed by atoms with Crippen LogP contribution in [0.25, 0.3) is 0 Å². The van der Waals surface area contributed by atoms with Crippen molar-refractivity contribution >= 4 is 29.3 Å². The van der Waals surface area contributed by atoms with Crippen LogP contribution in [-0.4, -0.2) is 29.7 Å². The standard InChI is InChI=1S/C21H23FN2O5/c1-13(18(25)23-17-7-5-6-15(22)12-17)28-19(26)14-8-10-16(11-9-14)24-20(27)29-21(2,3)4/h5-13H,1-4H3,(H,23,25)(H,24,27)/t13-/m0/s1. The van der Waals surface area contributed by atoms with Gasteiger partial charge in [0.05, 0.1) is 5.56 Å². The number of carbonyl (C=O) groups excluding carboxylic acids is 3. The molecule has 0 aliphatic heterocycles. The van der Waals surface area contributed by atoms with Gasteiger partial charge in [-0.1, -0.05) is 6.07 Å². The van der Waals surface area contributed by atoms with Crippen molar-refractivity contribution in [2.75, 3.05) is 10.6 Å². The zero-order valence-corrected chi connectivity index (χ0v) is 16.6. The minimum absolute atomic E-state index is 0.199. The molecule has 0 aliphatic carbocycles. The van der Waals surface area contributed by atoms with Crippen molar-refractivity contribution in [3.05, 3.63) is 59.9 Å². The number of anilines is 2. The summed E-state index contributed by atoms with van der Waals surface area (Å²) in [5.41, 5.74) is 0.268. The minimum Gasteiger partial charge on any atom is -0.449 e. The topological polar surface area (TPSA) is 93.7 Å². The highest BCUT2D eigenvalue weighted by molar-refractivity contribution is 5.97. The van der Waals surface area contributed by atoms with Crippen LogP contribution >= 0.6 is 0 Å². The molecule has 0 heterocycles. The van der Waals surface area contributed by atoms with E-state index in [2.05, 4.69) is 10.6 Å². The first kappa shape index (κ1) is 21.9. The Morgan fingerprint density at radius 2 is 1.62 bits per heavy atom. The second-order valence-corrected chi connectivity index (χ2v) is 7.25. The molecule has 2 N–H and O–H groups in total. The number of amides is 2. The van der Waals surface area contributed by atoms with Crippen molar-refractivity contribution in [3.63, 3.8) is 0 Å². The van der Waals surface area contributed by atoms with Gasteiger partial charge in [-0.25, -0.2) is 14.0 Å². The highest BCUT2D eigenvalue weighted by Crippen LogP contribution is 2.15. The molecule has 0 aromatic heterocycles. The van der Waals surface area contributed by atoms with Gasteiger partial charge in [-0.2, -0.15) is 0 Å². The summed E-state index contributed by atoms with van der Waals surface area (Å²) in [7, 11) is 0. The lowest BCUT2D eigenvalue weighted by molar-refractivity contribution is -0.123. The SMILES string of the molecule is C[C@H](OC(=O)c1ccc(NC(=O)OC(C)(C)C)cc1)C(=O)Nc1cccc(F)c1. The third kappa shape index (κ3) is 7.25. The summed E-state index contributed by atoms with van der Waals surface area (Å²) in [6.45, 7) is 6.65. The molecule has 8 heteroatoms. The van der Waals surface area contributed by atoms with Gasteiger partial charge in [0.1, 0.15) is 11.4 Å². The number of hydrogen-bond acceptors (Lipinski definition) is 5. The Balaban J connectivity index is 1.91. The van der Waals surface area contributed by atoms with E-state index >= 15 is 0 Å². The van der Waals surface area contributed by atoms with Crippen LogP contribution in [-0.2, 0) is 14.3 Å². The fourth-order valence-electron chi connectivity index (χ4n) is 2.20. The molecular weight excluding hydrogens is 379 g/mol. The highest BCUT2D eigenvalue weighted by atomic mass is 19.1. The Morgan fingerprint density at radius 3 is 2.21 bits per heavy atom. The Morgan fingerprint density at radius 1 is 0.966 bits per heavy atom. The first-order valence-electron chi connectivity index (χ1n) is 8.91. The normalized spacial score (nSPS) is 11.9. The summed E-state index contributed by atoms with van der Waals surface area (Å²) < 4.78 is 23.4. The summed E-state index contributed by atoms with van der Waals surface area (Å²) in [5, 5.41) is 5.02. The molecule has 0 saturated carbocycles. The van der Waals surface area contributed by atoms with Crippen molar-refractivity contribution in [2.24, 2.45) is 0 Å². The van der Waals surface area contributed by atoms with Gasteiger partial charge in [-0.15, -0.1) is 0 Å². The molecule has 2 rings (SSSR count). The lowest BCUT2D eigenvalue weighted by Crippen LogP contribution is -2.30. The fraction of sp³-hybridized carbons (Fsp3) is 0.286. The maximum absolute atomic E-state index is 13.2. The third-order valence-corrected chi connectivity index (χ3v) is 3.51. The van der Waals surface area contributed by atoms with Crippen LogP contribution in [0.5, 0.6) is 0 Å². The average Bonchev–Trinajstić information content (AvgIpc) is 2.60. The number of nitrogens with one attached hydrogen (secondary N) is 2. The van der Waals surface area contributed by atoms with Gasteiger partial charge in [-0.05, 0) is 70.2 Å². The largest absolute Gasteiger partial charge is 0.449 e. The zero-order chi connectivity index (χ0) is 21.6. The zero-order valence-electron chi connectivity index (χ0n) is 16.6. The predicted octanol–water partition coefficient (Wildman–Crippen LogP) is 4.36. The number of benzene rings is 2. The second-order valence-electron chi connectivity index (χ2n) is 7.25.